The molecule has 0 aliphatic heterocycles. The minimum absolute atomic E-state index is 0.0141. The maximum atomic E-state index is 13.2. The predicted molar refractivity (Wildman–Crippen MR) is 123 cm³/mol. The van der Waals surface area contributed by atoms with Gasteiger partial charge in [-0.2, -0.15) is 0 Å². The molecule has 0 amide bonds. The topological polar surface area (TPSA) is 61.2 Å². The first-order chi connectivity index (χ1) is 15.2. The summed E-state index contributed by atoms with van der Waals surface area (Å²) in [5.74, 6) is -0.376. The van der Waals surface area contributed by atoms with Crippen LogP contribution in [0.1, 0.15) is 25.7 Å². The lowest BCUT2D eigenvalue weighted by atomic mass is 10.0. The SMILES string of the molecule is O=C(Cn1cnc2scc(-c3ccc(-c4ccccc4)cc3)c2c1=O)OC1CCCC1. The summed E-state index contributed by atoms with van der Waals surface area (Å²) in [4.78, 5) is 30.6. The normalized spacial score (nSPS) is 14.2. The van der Waals surface area contributed by atoms with Crippen LogP contribution in [0.5, 0.6) is 0 Å². The lowest BCUT2D eigenvalue weighted by molar-refractivity contribution is -0.149. The Balaban J connectivity index is 1.44. The van der Waals surface area contributed by atoms with Gasteiger partial charge in [0.15, 0.2) is 0 Å². The molecule has 4 aromatic rings. The van der Waals surface area contributed by atoms with Crippen LogP contribution < -0.4 is 5.56 Å². The van der Waals surface area contributed by atoms with E-state index in [1.807, 2.05) is 35.7 Å². The molecule has 31 heavy (non-hydrogen) atoms. The zero-order valence-electron chi connectivity index (χ0n) is 17.0. The molecule has 0 spiro atoms. The fourth-order valence-corrected chi connectivity index (χ4v) is 5.04. The third kappa shape index (κ3) is 4.03. The number of ether oxygens (including phenoxy) is 1. The van der Waals surface area contributed by atoms with Gasteiger partial charge >= 0.3 is 5.97 Å². The molecule has 5 nitrogen and oxygen atoms in total. The molecular formula is C25H22N2O3S. The van der Waals surface area contributed by atoms with Crippen LogP contribution >= 0.6 is 11.3 Å². The van der Waals surface area contributed by atoms with Crippen molar-refractivity contribution in [3.8, 4) is 22.3 Å². The third-order valence-corrected chi connectivity index (χ3v) is 6.65. The minimum Gasteiger partial charge on any atom is -0.461 e. The highest BCUT2D eigenvalue weighted by molar-refractivity contribution is 7.17. The van der Waals surface area contributed by atoms with E-state index in [2.05, 4.69) is 29.2 Å². The molecule has 156 valence electrons. The van der Waals surface area contributed by atoms with E-state index in [-0.39, 0.29) is 24.2 Å². The molecule has 5 rings (SSSR count). The number of hydrogen-bond donors (Lipinski definition) is 0. The second-order valence-electron chi connectivity index (χ2n) is 7.85. The first kappa shape index (κ1) is 19.7. The maximum Gasteiger partial charge on any atom is 0.326 e. The van der Waals surface area contributed by atoms with Gasteiger partial charge in [-0.25, -0.2) is 4.98 Å². The first-order valence-corrected chi connectivity index (χ1v) is 11.4. The lowest BCUT2D eigenvalue weighted by Crippen LogP contribution is -2.27. The summed E-state index contributed by atoms with van der Waals surface area (Å²) in [7, 11) is 0. The van der Waals surface area contributed by atoms with Gasteiger partial charge in [-0.05, 0) is 42.4 Å². The quantitative estimate of drug-likeness (QED) is 0.404. The molecule has 1 saturated carbocycles. The van der Waals surface area contributed by atoms with Gasteiger partial charge in [0.05, 0.1) is 11.7 Å². The summed E-state index contributed by atoms with van der Waals surface area (Å²) in [6, 6.07) is 18.3. The van der Waals surface area contributed by atoms with Gasteiger partial charge in [-0.3, -0.25) is 14.2 Å². The number of nitrogens with zero attached hydrogens (tertiary/aromatic N) is 2. The second kappa shape index (κ2) is 8.47. The van der Waals surface area contributed by atoms with Crippen molar-refractivity contribution in [2.45, 2.75) is 38.3 Å². The fraction of sp³-hybridized carbons (Fsp3) is 0.240. The van der Waals surface area contributed by atoms with E-state index in [1.54, 1.807) is 0 Å². The Morgan fingerprint density at radius 3 is 2.42 bits per heavy atom. The van der Waals surface area contributed by atoms with Gasteiger partial charge in [0.2, 0.25) is 0 Å². The van der Waals surface area contributed by atoms with E-state index in [0.717, 1.165) is 47.9 Å². The zero-order chi connectivity index (χ0) is 21.2. The van der Waals surface area contributed by atoms with Gasteiger partial charge in [-0.1, -0.05) is 54.6 Å². The number of rotatable bonds is 5. The van der Waals surface area contributed by atoms with Crippen LogP contribution in [0.15, 0.2) is 71.1 Å². The summed E-state index contributed by atoms with van der Waals surface area (Å²) in [5.41, 5.74) is 3.85. The average molecular weight is 431 g/mol. The number of aromatic nitrogens is 2. The Hall–Kier alpha value is -3.25. The Morgan fingerprint density at radius 2 is 1.68 bits per heavy atom. The van der Waals surface area contributed by atoms with Crippen LogP contribution in [0.4, 0.5) is 0 Å². The summed E-state index contributed by atoms with van der Waals surface area (Å²) in [6.45, 7) is -0.111. The summed E-state index contributed by atoms with van der Waals surface area (Å²) >= 11 is 1.44. The van der Waals surface area contributed by atoms with Crippen molar-refractivity contribution in [1.29, 1.82) is 0 Å². The van der Waals surface area contributed by atoms with Crippen LogP contribution in [0.25, 0.3) is 32.5 Å². The zero-order valence-corrected chi connectivity index (χ0v) is 17.8. The molecule has 0 radical (unpaired) electrons. The number of hydrogen-bond acceptors (Lipinski definition) is 5. The van der Waals surface area contributed by atoms with E-state index in [1.165, 1.54) is 22.2 Å². The Bertz CT molecular complexity index is 1270. The largest absolute Gasteiger partial charge is 0.461 e. The highest BCUT2D eigenvalue weighted by atomic mass is 32.1. The van der Waals surface area contributed by atoms with Crippen molar-refractivity contribution in [3.63, 3.8) is 0 Å². The van der Waals surface area contributed by atoms with Crippen LogP contribution in [-0.2, 0) is 16.1 Å². The Morgan fingerprint density at radius 1 is 1.00 bits per heavy atom. The molecular weight excluding hydrogens is 408 g/mol. The first-order valence-electron chi connectivity index (χ1n) is 10.5. The van der Waals surface area contributed by atoms with E-state index >= 15 is 0 Å². The number of carbonyl (C=O) groups excluding carboxylic acids is 1. The minimum atomic E-state index is -0.376. The van der Waals surface area contributed by atoms with E-state index in [4.69, 9.17) is 4.74 Å². The van der Waals surface area contributed by atoms with Crippen LogP contribution in [0.2, 0.25) is 0 Å². The number of fused-ring (bicyclic) bond motifs is 1. The van der Waals surface area contributed by atoms with Gasteiger partial charge in [-0.15, -0.1) is 11.3 Å². The summed E-state index contributed by atoms with van der Waals surface area (Å²) < 4.78 is 6.87. The van der Waals surface area contributed by atoms with E-state index < -0.39 is 0 Å². The molecule has 1 fully saturated rings. The molecule has 1 aliphatic rings. The molecule has 1 aliphatic carbocycles. The maximum absolute atomic E-state index is 13.2. The number of esters is 1. The van der Waals surface area contributed by atoms with E-state index in [9.17, 15) is 9.59 Å². The molecule has 2 aromatic heterocycles. The van der Waals surface area contributed by atoms with Crippen molar-refractivity contribution in [2.75, 3.05) is 0 Å². The van der Waals surface area contributed by atoms with Gasteiger partial charge < -0.3 is 4.74 Å². The number of benzene rings is 2. The summed E-state index contributed by atoms with van der Waals surface area (Å²) in [6.07, 6.45) is 5.43. The molecule has 0 saturated heterocycles. The Kier molecular flexibility index (Phi) is 5.38. The third-order valence-electron chi connectivity index (χ3n) is 5.76. The number of thiophene rings is 1. The van der Waals surface area contributed by atoms with Gasteiger partial charge in [0.25, 0.3) is 5.56 Å². The monoisotopic (exact) mass is 430 g/mol. The van der Waals surface area contributed by atoms with Gasteiger partial charge in [0.1, 0.15) is 17.5 Å². The Labute approximate surface area is 184 Å². The molecule has 0 N–H and O–H groups in total. The van der Waals surface area contributed by atoms with Crippen LogP contribution in [-0.4, -0.2) is 21.6 Å². The van der Waals surface area contributed by atoms with Crippen LogP contribution in [0, 0.1) is 0 Å². The van der Waals surface area contributed by atoms with Crippen molar-refractivity contribution in [3.05, 3.63) is 76.7 Å². The lowest BCUT2D eigenvalue weighted by Gasteiger charge is -2.12. The van der Waals surface area contributed by atoms with Crippen LogP contribution in [0.3, 0.4) is 0 Å². The average Bonchev–Trinajstić information content (AvgIpc) is 3.47. The van der Waals surface area contributed by atoms with Crippen molar-refractivity contribution >= 4 is 27.5 Å². The highest BCUT2D eigenvalue weighted by Crippen LogP contribution is 2.32. The molecule has 2 aromatic carbocycles. The molecule has 0 bridgehead atoms. The molecule has 2 heterocycles. The molecule has 0 atom stereocenters. The van der Waals surface area contributed by atoms with Crippen molar-refractivity contribution in [2.24, 2.45) is 0 Å². The molecule has 6 heteroatoms. The standard InChI is InChI=1S/C25H22N2O3S/c28-22(30-20-8-4-5-9-20)14-27-16-26-24-23(25(27)29)21(15-31-24)19-12-10-18(11-13-19)17-6-2-1-3-7-17/h1-3,6-7,10-13,15-16,20H,4-5,8-9,14H2. The van der Waals surface area contributed by atoms with E-state index in [0.29, 0.717) is 10.2 Å². The smallest absolute Gasteiger partial charge is 0.326 e. The fourth-order valence-electron chi connectivity index (χ4n) is 4.13. The predicted octanol–water partition coefficient (Wildman–Crippen LogP) is 5.28. The second-order valence-corrected chi connectivity index (χ2v) is 8.70. The molecule has 0 unspecified atom stereocenters. The van der Waals surface area contributed by atoms with Crippen molar-refractivity contribution in [1.82, 2.24) is 9.55 Å². The summed E-state index contributed by atoms with van der Waals surface area (Å²) in [5, 5.41) is 2.51. The van der Waals surface area contributed by atoms with Crippen molar-refractivity contribution < 1.29 is 9.53 Å². The highest BCUT2D eigenvalue weighted by Gasteiger charge is 2.20. The van der Waals surface area contributed by atoms with Gasteiger partial charge in [0, 0.05) is 10.9 Å². The number of carbonyl (C=O) groups is 1.